The lowest BCUT2D eigenvalue weighted by Gasteiger charge is -2.28. The van der Waals surface area contributed by atoms with Gasteiger partial charge in [0.2, 0.25) is 0 Å². The Kier molecular flexibility index (Phi) is 3.31. The molecule has 3 heteroatoms. The van der Waals surface area contributed by atoms with Crippen molar-refractivity contribution in [3.8, 4) is 0 Å². The molecule has 0 saturated carbocycles. The second-order valence-electron chi connectivity index (χ2n) is 2.79. The van der Waals surface area contributed by atoms with Crippen LogP contribution in [0.3, 0.4) is 0 Å². The van der Waals surface area contributed by atoms with E-state index in [0.717, 1.165) is 12.7 Å². The number of carbonyl (C=O) groups excluding carboxylic acids is 1. The molecular formula is C8H14OS2. The molecule has 0 N–H and O–H groups in total. The van der Waals surface area contributed by atoms with Gasteiger partial charge >= 0.3 is 0 Å². The summed E-state index contributed by atoms with van der Waals surface area (Å²) < 4.78 is 0.210. The minimum atomic E-state index is 0.199. The van der Waals surface area contributed by atoms with E-state index in [1.54, 1.807) is 0 Å². The van der Waals surface area contributed by atoms with Crippen LogP contribution < -0.4 is 0 Å². The number of hydrogen-bond acceptors (Lipinski definition) is 3. The van der Waals surface area contributed by atoms with Crippen LogP contribution in [0.4, 0.5) is 0 Å². The van der Waals surface area contributed by atoms with Gasteiger partial charge in [-0.2, -0.15) is 0 Å². The molecule has 1 aliphatic rings. The molecule has 1 rings (SSSR count). The van der Waals surface area contributed by atoms with Crippen molar-refractivity contribution in [2.75, 3.05) is 11.5 Å². The first-order valence-corrected chi connectivity index (χ1v) is 5.95. The van der Waals surface area contributed by atoms with Gasteiger partial charge in [-0.1, -0.05) is 13.8 Å². The normalized spacial score (nSPS) is 24.9. The van der Waals surface area contributed by atoms with Crippen LogP contribution in [0.2, 0.25) is 0 Å². The highest BCUT2D eigenvalue weighted by Crippen LogP contribution is 2.50. The van der Waals surface area contributed by atoms with Crippen molar-refractivity contribution in [3.63, 3.8) is 0 Å². The molecule has 0 aromatic heterocycles. The lowest BCUT2D eigenvalue weighted by Crippen LogP contribution is -2.26. The summed E-state index contributed by atoms with van der Waals surface area (Å²) in [5.74, 6) is 2.61. The monoisotopic (exact) mass is 190 g/mol. The van der Waals surface area contributed by atoms with Crippen LogP contribution in [0, 0.1) is 5.92 Å². The zero-order valence-electron chi connectivity index (χ0n) is 7.00. The Balaban J connectivity index is 2.65. The second kappa shape index (κ2) is 3.85. The van der Waals surface area contributed by atoms with Crippen LogP contribution >= 0.6 is 23.5 Å². The molecule has 11 heavy (non-hydrogen) atoms. The maximum atomic E-state index is 10.6. The fraction of sp³-hybridized carbons (Fsp3) is 0.875. The van der Waals surface area contributed by atoms with E-state index in [2.05, 4.69) is 6.92 Å². The van der Waals surface area contributed by atoms with Crippen molar-refractivity contribution in [2.24, 2.45) is 5.92 Å². The molecule has 64 valence electrons. The Labute approximate surface area is 76.7 Å². The van der Waals surface area contributed by atoms with Gasteiger partial charge in [-0.3, -0.25) is 0 Å². The van der Waals surface area contributed by atoms with E-state index in [-0.39, 0.29) is 10.00 Å². The molecule has 1 aliphatic heterocycles. The molecule has 1 atom stereocenters. The quantitative estimate of drug-likeness (QED) is 0.636. The summed E-state index contributed by atoms with van der Waals surface area (Å²) in [5, 5.41) is 0. The van der Waals surface area contributed by atoms with E-state index in [0.29, 0.717) is 0 Å². The predicted molar refractivity (Wildman–Crippen MR) is 53.2 cm³/mol. The second-order valence-corrected chi connectivity index (χ2v) is 5.90. The Morgan fingerprint density at radius 3 is 2.45 bits per heavy atom. The zero-order chi connectivity index (χ0) is 8.32. The maximum Gasteiger partial charge on any atom is 0.125 e. The third kappa shape index (κ3) is 1.75. The van der Waals surface area contributed by atoms with Gasteiger partial charge in [0, 0.05) is 17.4 Å². The first-order valence-electron chi connectivity index (χ1n) is 3.98. The van der Waals surface area contributed by atoms with Gasteiger partial charge in [0.1, 0.15) is 6.29 Å². The molecule has 1 unspecified atom stereocenters. The highest BCUT2D eigenvalue weighted by atomic mass is 32.2. The summed E-state index contributed by atoms with van der Waals surface area (Å²) in [6.45, 7) is 4.20. The first-order chi connectivity index (χ1) is 5.25. The van der Waals surface area contributed by atoms with Crippen molar-refractivity contribution >= 4 is 29.8 Å². The number of thioether (sulfide) groups is 2. The zero-order valence-corrected chi connectivity index (χ0v) is 8.63. The summed E-state index contributed by atoms with van der Waals surface area (Å²) >= 11 is 3.91. The molecule has 0 bridgehead atoms. The minimum absolute atomic E-state index is 0.199. The predicted octanol–water partition coefficient (Wildman–Crippen LogP) is 2.41. The van der Waals surface area contributed by atoms with E-state index in [1.165, 1.54) is 11.5 Å². The standard InChI is InChI=1S/C8H14OS2/c1-3-8(7(2)6-9)10-4-5-11-8/h6-7H,3-5H2,1-2H3. The molecule has 0 aromatic rings. The lowest BCUT2D eigenvalue weighted by atomic mass is 10.1. The van der Waals surface area contributed by atoms with Crippen LogP contribution in [0.25, 0.3) is 0 Å². The van der Waals surface area contributed by atoms with Gasteiger partial charge in [-0.05, 0) is 6.42 Å². The Bertz CT molecular complexity index is 141. The molecule has 1 fully saturated rings. The van der Waals surface area contributed by atoms with Crippen LogP contribution in [0.5, 0.6) is 0 Å². The number of hydrogen-bond donors (Lipinski definition) is 0. The summed E-state index contributed by atoms with van der Waals surface area (Å²) in [7, 11) is 0. The topological polar surface area (TPSA) is 17.1 Å². The molecule has 1 nitrogen and oxygen atoms in total. The Morgan fingerprint density at radius 2 is 2.09 bits per heavy atom. The van der Waals surface area contributed by atoms with Crippen molar-refractivity contribution in [1.29, 1.82) is 0 Å². The fourth-order valence-electron chi connectivity index (χ4n) is 1.36. The smallest absolute Gasteiger partial charge is 0.125 e. The summed E-state index contributed by atoms with van der Waals surface area (Å²) in [5.41, 5.74) is 0. The third-order valence-electron chi connectivity index (χ3n) is 2.17. The lowest BCUT2D eigenvalue weighted by molar-refractivity contribution is -0.110. The summed E-state index contributed by atoms with van der Waals surface area (Å²) in [4.78, 5) is 10.6. The SMILES string of the molecule is CCC1(C(C)C=O)SCCS1. The van der Waals surface area contributed by atoms with Crippen molar-refractivity contribution in [1.82, 2.24) is 0 Å². The number of rotatable bonds is 3. The molecule has 0 spiro atoms. The van der Waals surface area contributed by atoms with Crippen LogP contribution in [-0.4, -0.2) is 21.9 Å². The first kappa shape index (κ1) is 9.46. The molecular weight excluding hydrogens is 176 g/mol. The molecule has 1 heterocycles. The molecule has 1 saturated heterocycles. The van der Waals surface area contributed by atoms with E-state index >= 15 is 0 Å². The highest BCUT2D eigenvalue weighted by molar-refractivity contribution is 8.21. The van der Waals surface area contributed by atoms with Gasteiger partial charge in [-0.25, -0.2) is 0 Å². The summed E-state index contributed by atoms with van der Waals surface area (Å²) in [6, 6.07) is 0. The van der Waals surface area contributed by atoms with Crippen molar-refractivity contribution < 1.29 is 4.79 Å². The molecule has 0 radical (unpaired) electrons. The molecule has 0 amide bonds. The minimum Gasteiger partial charge on any atom is -0.303 e. The van der Waals surface area contributed by atoms with Crippen molar-refractivity contribution in [2.45, 2.75) is 24.3 Å². The van der Waals surface area contributed by atoms with E-state index in [1.807, 2.05) is 30.4 Å². The van der Waals surface area contributed by atoms with Gasteiger partial charge < -0.3 is 4.79 Å². The van der Waals surface area contributed by atoms with E-state index in [9.17, 15) is 4.79 Å². The van der Waals surface area contributed by atoms with Crippen LogP contribution in [0.15, 0.2) is 0 Å². The summed E-state index contributed by atoms with van der Waals surface area (Å²) in [6.07, 6.45) is 2.19. The average molecular weight is 190 g/mol. The molecule has 0 aliphatic carbocycles. The highest BCUT2D eigenvalue weighted by Gasteiger charge is 2.38. The largest absolute Gasteiger partial charge is 0.303 e. The van der Waals surface area contributed by atoms with Crippen molar-refractivity contribution in [3.05, 3.63) is 0 Å². The maximum absolute atomic E-state index is 10.6. The van der Waals surface area contributed by atoms with Gasteiger partial charge in [0.05, 0.1) is 4.08 Å². The van der Waals surface area contributed by atoms with Crippen LogP contribution in [-0.2, 0) is 4.79 Å². The van der Waals surface area contributed by atoms with Crippen LogP contribution in [0.1, 0.15) is 20.3 Å². The average Bonchev–Trinajstić information content (AvgIpc) is 2.52. The third-order valence-corrected chi connectivity index (χ3v) is 6.25. The van der Waals surface area contributed by atoms with E-state index < -0.39 is 0 Å². The number of carbonyl (C=O) groups is 1. The van der Waals surface area contributed by atoms with Gasteiger partial charge in [0.15, 0.2) is 0 Å². The van der Waals surface area contributed by atoms with E-state index in [4.69, 9.17) is 0 Å². The van der Waals surface area contributed by atoms with Gasteiger partial charge in [0.25, 0.3) is 0 Å². The Hall–Kier alpha value is 0.370. The Morgan fingerprint density at radius 1 is 1.55 bits per heavy atom. The molecule has 0 aromatic carbocycles. The number of aldehydes is 1. The fourth-order valence-corrected chi connectivity index (χ4v) is 4.60. The van der Waals surface area contributed by atoms with Gasteiger partial charge in [-0.15, -0.1) is 23.5 Å².